The van der Waals surface area contributed by atoms with Gasteiger partial charge in [0.15, 0.2) is 0 Å². The van der Waals surface area contributed by atoms with Gasteiger partial charge in [-0.25, -0.2) is 4.79 Å². The van der Waals surface area contributed by atoms with E-state index in [1.807, 2.05) is 31.2 Å². The van der Waals surface area contributed by atoms with E-state index in [1.54, 1.807) is 0 Å². The van der Waals surface area contributed by atoms with Gasteiger partial charge >= 0.3 is 6.03 Å². The van der Waals surface area contributed by atoms with Crippen molar-refractivity contribution < 1.29 is 4.79 Å². The van der Waals surface area contributed by atoms with E-state index in [1.165, 1.54) is 0 Å². The molecular formula is C12H17N3OS. The fourth-order valence-corrected chi connectivity index (χ4v) is 1.49. The van der Waals surface area contributed by atoms with Gasteiger partial charge < -0.3 is 16.4 Å². The van der Waals surface area contributed by atoms with Crippen LogP contribution in [0.4, 0.5) is 10.5 Å². The van der Waals surface area contributed by atoms with Crippen LogP contribution in [0.5, 0.6) is 0 Å². The van der Waals surface area contributed by atoms with Crippen molar-refractivity contribution in [3.63, 3.8) is 0 Å². The standard InChI is InChI=1S/C12H17N3OS/c1-2-7-14-12(16)15-10-5-3-9(4-6-10)8-11(13)17/h3-6H,2,7-8H2,1H3,(H2,13,17)(H2,14,15,16). The molecule has 0 radical (unpaired) electrons. The highest BCUT2D eigenvalue weighted by molar-refractivity contribution is 7.80. The smallest absolute Gasteiger partial charge is 0.319 e. The molecule has 5 heteroatoms. The van der Waals surface area contributed by atoms with Crippen molar-refractivity contribution in [2.75, 3.05) is 11.9 Å². The maximum absolute atomic E-state index is 11.4. The maximum Gasteiger partial charge on any atom is 0.319 e. The molecule has 0 bridgehead atoms. The molecule has 1 aromatic rings. The molecule has 0 saturated carbocycles. The Morgan fingerprint density at radius 3 is 2.53 bits per heavy atom. The van der Waals surface area contributed by atoms with Crippen LogP contribution in [0.2, 0.25) is 0 Å². The topological polar surface area (TPSA) is 67.2 Å². The second-order valence-corrected chi connectivity index (χ2v) is 4.25. The number of rotatable bonds is 5. The third-order valence-corrected chi connectivity index (χ3v) is 2.27. The Morgan fingerprint density at radius 1 is 1.35 bits per heavy atom. The molecule has 0 heterocycles. The third kappa shape index (κ3) is 5.31. The fraction of sp³-hybridized carbons (Fsp3) is 0.333. The van der Waals surface area contributed by atoms with E-state index in [0.29, 0.717) is 18.0 Å². The molecule has 4 N–H and O–H groups in total. The molecule has 0 spiro atoms. The lowest BCUT2D eigenvalue weighted by molar-refractivity contribution is 0.252. The molecule has 2 amide bonds. The lowest BCUT2D eigenvalue weighted by Gasteiger charge is -2.07. The average Bonchev–Trinajstić information content (AvgIpc) is 2.28. The SMILES string of the molecule is CCCNC(=O)Nc1ccc(CC(N)=S)cc1. The van der Waals surface area contributed by atoms with Crippen LogP contribution >= 0.6 is 12.2 Å². The first-order valence-electron chi connectivity index (χ1n) is 5.54. The van der Waals surface area contributed by atoms with Crippen LogP contribution in [-0.4, -0.2) is 17.6 Å². The quantitative estimate of drug-likeness (QED) is 0.702. The summed E-state index contributed by atoms with van der Waals surface area (Å²) < 4.78 is 0. The minimum absolute atomic E-state index is 0.186. The predicted octanol–water partition coefficient (Wildman–Crippen LogP) is 2.05. The Hall–Kier alpha value is -1.62. The number of anilines is 1. The van der Waals surface area contributed by atoms with Crippen molar-refractivity contribution in [3.8, 4) is 0 Å². The van der Waals surface area contributed by atoms with Crippen LogP contribution < -0.4 is 16.4 Å². The molecule has 0 atom stereocenters. The van der Waals surface area contributed by atoms with Gasteiger partial charge in [-0.05, 0) is 24.1 Å². The van der Waals surface area contributed by atoms with Crippen LogP contribution in [0.1, 0.15) is 18.9 Å². The molecule has 0 aliphatic carbocycles. The van der Waals surface area contributed by atoms with Crippen LogP contribution in [-0.2, 0) is 6.42 Å². The average molecular weight is 251 g/mol. The van der Waals surface area contributed by atoms with Crippen molar-refractivity contribution in [2.24, 2.45) is 5.73 Å². The van der Waals surface area contributed by atoms with Crippen molar-refractivity contribution in [3.05, 3.63) is 29.8 Å². The Labute approximate surface area is 107 Å². The van der Waals surface area contributed by atoms with Gasteiger partial charge in [-0.15, -0.1) is 0 Å². The van der Waals surface area contributed by atoms with E-state index in [4.69, 9.17) is 18.0 Å². The number of urea groups is 1. The summed E-state index contributed by atoms with van der Waals surface area (Å²) in [5, 5.41) is 5.48. The van der Waals surface area contributed by atoms with Crippen LogP contribution in [0.15, 0.2) is 24.3 Å². The maximum atomic E-state index is 11.4. The van der Waals surface area contributed by atoms with Crippen molar-refractivity contribution in [1.29, 1.82) is 0 Å². The number of nitrogens with one attached hydrogen (secondary N) is 2. The zero-order chi connectivity index (χ0) is 12.7. The first-order chi connectivity index (χ1) is 8.11. The zero-order valence-electron chi connectivity index (χ0n) is 9.82. The lowest BCUT2D eigenvalue weighted by atomic mass is 10.1. The summed E-state index contributed by atoms with van der Waals surface area (Å²) in [6.07, 6.45) is 1.50. The number of hydrogen-bond donors (Lipinski definition) is 3. The predicted molar refractivity (Wildman–Crippen MR) is 74.2 cm³/mol. The second kappa shape index (κ2) is 6.85. The number of thiocarbonyl (C=S) groups is 1. The molecule has 92 valence electrons. The first kappa shape index (κ1) is 13.4. The largest absolute Gasteiger partial charge is 0.393 e. The first-order valence-corrected chi connectivity index (χ1v) is 5.94. The molecule has 0 fully saturated rings. The van der Waals surface area contributed by atoms with E-state index in [0.717, 1.165) is 17.7 Å². The molecular weight excluding hydrogens is 234 g/mol. The van der Waals surface area contributed by atoms with Gasteiger partial charge in [-0.1, -0.05) is 31.3 Å². The molecule has 17 heavy (non-hydrogen) atoms. The van der Waals surface area contributed by atoms with Gasteiger partial charge in [0.1, 0.15) is 0 Å². The fourth-order valence-electron chi connectivity index (χ4n) is 1.32. The van der Waals surface area contributed by atoms with Crippen LogP contribution in [0, 0.1) is 0 Å². The number of carbonyl (C=O) groups excluding carboxylic acids is 1. The van der Waals surface area contributed by atoms with Crippen molar-refractivity contribution in [2.45, 2.75) is 19.8 Å². The monoisotopic (exact) mass is 251 g/mol. The highest BCUT2D eigenvalue weighted by Gasteiger charge is 2.00. The normalized spacial score (nSPS) is 9.71. The van der Waals surface area contributed by atoms with Crippen molar-refractivity contribution in [1.82, 2.24) is 5.32 Å². The number of amides is 2. The summed E-state index contributed by atoms with van der Waals surface area (Å²) in [6.45, 7) is 2.68. The van der Waals surface area contributed by atoms with E-state index in [-0.39, 0.29) is 6.03 Å². The number of hydrogen-bond acceptors (Lipinski definition) is 2. The number of carbonyl (C=O) groups is 1. The molecule has 0 aliphatic rings. The van der Waals surface area contributed by atoms with E-state index in [9.17, 15) is 4.79 Å². The van der Waals surface area contributed by atoms with Gasteiger partial charge in [0, 0.05) is 18.7 Å². The zero-order valence-corrected chi connectivity index (χ0v) is 10.6. The summed E-state index contributed by atoms with van der Waals surface area (Å²) in [5.41, 5.74) is 7.24. The minimum Gasteiger partial charge on any atom is -0.393 e. The van der Waals surface area contributed by atoms with Gasteiger partial charge in [0.05, 0.1) is 4.99 Å². The van der Waals surface area contributed by atoms with Gasteiger partial charge in [-0.2, -0.15) is 0 Å². The van der Waals surface area contributed by atoms with E-state index in [2.05, 4.69) is 10.6 Å². The molecule has 1 aromatic carbocycles. The van der Waals surface area contributed by atoms with E-state index < -0.39 is 0 Å². The molecule has 0 aromatic heterocycles. The summed E-state index contributed by atoms with van der Waals surface area (Å²) >= 11 is 4.83. The summed E-state index contributed by atoms with van der Waals surface area (Å²) in [5.74, 6) is 0. The molecule has 0 saturated heterocycles. The Kier molecular flexibility index (Phi) is 5.42. The molecule has 0 unspecified atom stereocenters. The Balaban J connectivity index is 2.50. The minimum atomic E-state index is -0.186. The Bertz CT molecular complexity index is 389. The van der Waals surface area contributed by atoms with Gasteiger partial charge in [-0.3, -0.25) is 0 Å². The molecule has 4 nitrogen and oxygen atoms in total. The highest BCUT2D eigenvalue weighted by Crippen LogP contribution is 2.09. The highest BCUT2D eigenvalue weighted by atomic mass is 32.1. The van der Waals surface area contributed by atoms with Gasteiger partial charge in [0.25, 0.3) is 0 Å². The van der Waals surface area contributed by atoms with Crippen LogP contribution in [0.25, 0.3) is 0 Å². The van der Waals surface area contributed by atoms with E-state index >= 15 is 0 Å². The summed E-state index contributed by atoms with van der Waals surface area (Å²) in [6, 6.07) is 7.27. The number of benzene rings is 1. The van der Waals surface area contributed by atoms with Crippen LogP contribution in [0.3, 0.4) is 0 Å². The molecule has 0 aliphatic heterocycles. The van der Waals surface area contributed by atoms with Crippen molar-refractivity contribution >= 4 is 28.9 Å². The summed E-state index contributed by atoms with van der Waals surface area (Å²) in [4.78, 5) is 11.8. The second-order valence-electron chi connectivity index (χ2n) is 3.72. The number of nitrogens with two attached hydrogens (primary N) is 1. The lowest BCUT2D eigenvalue weighted by Crippen LogP contribution is -2.29. The van der Waals surface area contributed by atoms with Gasteiger partial charge in [0.2, 0.25) is 0 Å². The molecule has 1 rings (SSSR count). The third-order valence-electron chi connectivity index (χ3n) is 2.13. The Morgan fingerprint density at radius 2 is 2.00 bits per heavy atom. The summed E-state index contributed by atoms with van der Waals surface area (Å²) in [7, 11) is 0.